The number of nitrogens with one attached hydrogen (secondary N) is 3. The van der Waals surface area contributed by atoms with Gasteiger partial charge in [0.05, 0.1) is 12.3 Å². The first-order valence-corrected chi connectivity index (χ1v) is 9.85. The molecule has 2 rings (SSSR count). The predicted molar refractivity (Wildman–Crippen MR) is 90.9 cm³/mol. The van der Waals surface area contributed by atoms with Gasteiger partial charge >= 0.3 is 6.03 Å². The number of carbonyl (C=O) groups excluding carboxylic acids is 1. The summed E-state index contributed by atoms with van der Waals surface area (Å²) in [5.41, 5.74) is 3.90. The van der Waals surface area contributed by atoms with Gasteiger partial charge in [-0.15, -0.1) is 0 Å². The molecule has 128 valence electrons. The molecule has 0 aromatic heterocycles. The molecule has 0 radical (unpaired) electrons. The average Bonchev–Trinajstić information content (AvgIpc) is 2.50. The summed E-state index contributed by atoms with van der Waals surface area (Å²) in [5.74, 6) is 0. The van der Waals surface area contributed by atoms with Gasteiger partial charge in [0.1, 0.15) is 0 Å². The Morgan fingerprint density at radius 1 is 1.17 bits per heavy atom. The molecule has 0 fully saturated rings. The van der Waals surface area contributed by atoms with E-state index >= 15 is 0 Å². The fraction of sp³-hybridized carbons (Fsp3) is 0.562. The van der Waals surface area contributed by atoms with Crippen molar-refractivity contribution < 1.29 is 13.2 Å². The molecule has 0 heterocycles. The van der Waals surface area contributed by atoms with Gasteiger partial charge in [0.15, 0.2) is 0 Å². The number of hydrogen-bond donors (Lipinski definition) is 3. The molecular formula is C16H25N3O3S. The first kappa shape index (κ1) is 17.7. The fourth-order valence-electron chi connectivity index (χ4n) is 2.77. The van der Waals surface area contributed by atoms with Gasteiger partial charge in [0.25, 0.3) is 0 Å². The second-order valence-corrected chi connectivity index (χ2v) is 7.86. The monoisotopic (exact) mass is 339 g/mol. The van der Waals surface area contributed by atoms with Gasteiger partial charge in [-0.3, -0.25) is 0 Å². The second kappa shape index (κ2) is 7.79. The van der Waals surface area contributed by atoms with E-state index < -0.39 is 10.0 Å². The molecule has 1 aliphatic carbocycles. The molecule has 0 spiro atoms. The van der Waals surface area contributed by atoms with Crippen molar-refractivity contribution in [1.29, 1.82) is 0 Å². The van der Waals surface area contributed by atoms with Gasteiger partial charge in [-0.1, -0.05) is 18.2 Å². The van der Waals surface area contributed by atoms with Crippen molar-refractivity contribution >= 4 is 16.1 Å². The largest absolute Gasteiger partial charge is 0.337 e. The highest BCUT2D eigenvalue weighted by molar-refractivity contribution is 7.88. The van der Waals surface area contributed by atoms with Crippen LogP contribution in [-0.4, -0.2) is 33.8 Å². The maximum atomic E-state index is 11.8. The summed E-state index contributed by atoms with van der Waals surface area (Å²) in [7, 11) is -3.22. The number of urea groups is 1. The quantitative estimate of drug-likeness (QED) is 0.686. The van der Waals surface area contributed by atoms with Crippen molar-refractivity contribution in [3.8, 4) is 0 Å². The molecule has 0 saturated heterocycles. The van der Waals surface area contributed by atoms with Crippen molar-refractivity contribution in [3.63, 3.8) is 0 Å². The number of aryl methyl sites for hydroxylation is 2. The molecule has 0 aliphatic heterocycles. The Bertz CT molecular complexity index is 659. The van der Waals surface area contributed by atoms with Crippen LogP contribution in [0, 0.1) is 0 Å². The fourth-order valence-corrected chi connectivity index (χ4v) is 3.24. The zero-order chi connectivity index (χ0) is 16.9. The Kier molecular flexibility index (Phi) is 6.01. The Morgan fingerprint density at radius 3 is 2.57 bits per heavy atom. The van der Waals surface area contributed by atoms with E-state index in [1.54, 1.807) is 0 Å². The molecule has 1 aliphatic rings. The number of benzene rings is 1. The Labute approximate surface area is 138 Å². The summed E-state index contributed by atoms with van der Waals surface area (Å²) in [4.78, 5) is 11.8. The normalized spacial score (nSPS) is 15.6. The van der Waals surface area contributed by atoms with E-state index in [-0.39, 0.29) is 25.2 Å². The molecule has 0 bridgehead atoms. The maximum Gasteiger partial charge on any atom is 0.315 e. The number of hydrogen-bond acceptors (Lipinski definition) is 3. The number of amides is 2. The van der Waals surface area contributed by atoms with Crippen LogP contribution in [0.15, 0.2) is 18.2 Å². The van der Waals surface area contributed by atoms with Gasteiger partial charge in [-0.05, 0) is 49.3 Å². The van der Waals surface area contributed by atoms with E-state index in [4.69, 9.17) is 0 Å². The molecule has 1 aromatic rings. The third-order valence-corrected chi connectivity index (χ3v) is 4.72. The molecule has 7 heteroatoms. The lowest BCUT2D eigenvalue weighted by Crippen LogP contribution is -2.41. The molecule has 2 amide bonds. The van der Waals surface area contributed by atoms with Crippen LogP contribution >= 0.6 is 0 Å². The number of rotatable bonds is 6. The molecule has 23 heavy (non-hydrogen) atoms. The summed E-state index contributed by atoms with van der Waals surface area (Å²) in [5, 5.41) is 5.51. The Hall–Kier alpha value is -1.60. The van der Waals surface area contributed by atoms with Crippen LogP contribution in [0.1, 0.15) is 42.5 Å². The molecule has 1 atom stereocenters. The van der Waals surface area contributed by atoms with Gasteiger partial charge < -0.3 is 10.6 Å². The molecule has 6 nitrogen and oxygen atoms in total. The minimum absolute atomic E-state index is 0.0925. The molecule has 0 saturated carbocycles. The smallest absolute Gasteiger partial charge is 0.315 e. The highest BCUT2D eigenvalue weighted by Crippen LogP contribution is 2.24. The Morgan fingerprint density at radius 2 is 1.87 bits per heavy atom. The summed E-state index contributed by atoms with van der Waals surface area (Å²) in [6, 6.07) is 6.02. The molecule has 3 N–H and O–H groups in total. The average molecular weight is 339 g/mol. The minimum atomic E-state index is -3.22. The van der Waals surface area contributed by atoms with Crippen molar-refractivity contribution in [1.82, 2.24) is 15.4 Å². The van der Waals surface area contributed by atoms with E-state index in [9.17, 15) is 13.2 Å². The topological polar surface area (TPSA) is 87.3 Å². The van der Waals surface area contributed by atoms with E-state index in [1.807, 2.05) is 6.92 Å². The first-order valence-electron chi connectivity index (χ1n) is 7.96. The van der Waals surface area contributed by atoms with Gasteiger partial charge in [0, 0.05) is 13.1 Å². The lowest BCUT2D eigenvalue weighted by Gasteiger charge is -2.20. The second-order valence-electron chi connectivity index (χ2n) is 6.02. The minimum Gasteiger partial charge on any atom is -0.337 e. The summed E-state index contributed by atoms with van der Waals surface area (Å²) >= 11 is 0. The lowest BCUT2D eigenvalue weighted by molar-refractivity contribution is 0.238. The zero-order valence-corrected chi connectivity index (χ0v) is 14.5. The van der Waals surface area contributed by atoms with Crippen molar-refractivity contribution in [3.05, 3.63) is 34.9 Å². The van der Waals surface area contributed by atoms with Crippen LogP contribution in [0.2, 0.25) is 0 Å². The van der Waals surface area contributed by atoms with Crippen LogP contribution in [0.25, 0.3) is 0 Å². The zero-order valence-electron chi connectivity index (χ0n) is 13.7. The third kappa shape index (κ3) is 5.84. The maximum absolute atomic E-state index is 11.8. The SMILES string of the molecule is CC(NC(=O)NCCNS(C)(=O)=O)c1ccc2c(c1)CCCC2. The standard InChI is InChI=1S/C16H25N3O3S/c1-12(19-16(20)17-9-10-18-23(2,21)22)14-8-7-13-5-3-4-6-15(13)11-14/h7-8,11-12,18H,3-6,9-10H2,1-2H3,(H2,17,19,20). The number of carbonyl (C=O) groups is 1. The Balaban J connectivity index is 1.81. The van der Waals surface area contributed by atoms with E-state index in [0.29, 0.717) is 0 Å². The van der Waals surface area contributed by atoms with Crippen molar-refractivity contribution in [2.45, 2.75) is 38.6 Å². The van der Waals surface area contributed by atoms with E-state index in [0.717, 1.165) is 24.7 Å². The summed E-state index contributed by atoms with van der Waals surface area (Å²) in [6.07, 6.45) is 5.83. The third-order valence-electron chi connectivity index (χ3n) is 3.99. The lowest BCUT2D eigenvalue weighted by atomic mass is 9.89. The summed E-state index contributed by atoms with van der Waals surface area (Å²) in [6.45, 7) is 2.37. The first-order chi connectivity index (χ1) is 10.8. The van der Waals surface area contributed by atoms with E-state index in [1.165, 1.54) is 24.0 Å². The van der Waals surface area contributed by atoms with Gasteiger partial charge in [-0.2, -0.15) is 0 Å². The van der Waals surface area contributed by atoms with Crippen molar-refractivity contribution in [2.75, 3.05) is 19.3 Å². The number of sulfonamides is 1. The van der Waals surface area contributed by atoms with Crippen LogP contribution in [0.4, 0.5) is 4.79 Å². The highest BCUT2D eigenvalue weighted by Gasteiger charge is 2.14. The van der Waals surface area contributed by atoms with E-state index in [2.05, 4.69) is 33.6 Å². The van der Waals surface area contributed by atoms with Crippen LogP contribution in [0.5, 0.6) is 0 Å². The van der Waals surface area contributed by atoms with Crippen LogP contribution < -0.4 is 15.4 Å². The highest BCUT2D eigenvalue weighted by atomic mass is 32.2. The molecule has 1 unspecified atom stereocenters. The molecular weight excluding hydrogens is 314 g/mol. The number of fused-ring (bicyclic) bond motifs is 1. The van der Waals surface area contributed by atoms with Crippen LogP contribution in [-0.2, 0) is 22.9 Å². The molecule has 1 aromatic carbocycles. The van der Waals surface area contributed by atoms with Gasteiger partial charge in [-0.25, -0.2) is 17.9 Å². The van der Waals surface area contributed by atoms with Crippen molar-refractivity contribution in [2.24, 2.45) is 0 Å². The summed E-state index contributed by atoms with van der Waals surface area (Å²) < 4.78 is 24.2. The van der Waals surface area contributed by atoms with Gasteiger partial charge in [0.2, 0.25) is 10.0 Å². The van der Waals surface area contributed by atoms with Crippen LogP contribution in [0.3, 0.4) is 0 Å². The predicted octanol–water partition coefficient (Wildman–Crippen LogP) is 1.47.